The van der Waals surface area contributed by atoms with Gasteiger partial charge >= 0.3 is 0 Å². The van der Waals surface area contributed by atoms with Gasteiger partial charge in [0.15, 0.2) is 0 Å². The third-order valence-corrected chi connectivity index (χ3v) is 0.421. The Morgan fingerprint density at radius 2 is 0.786 bits per heavy atom. The van der Waals surface area contributed by atoms with Crippen LogP contribution in [0.15, 0.2) is 52.6 Å². The number of rotatable bonds is 2. The SMILES string of the molecule is C=C.C=C.C=C.C=C.OCC(O)CO. The molecule has 0 rings (SSSR count). The van der Waals surface area contributed by atoms with Gasteiger partial charge in [0, 0.05) is 0 Å². The van der Waals surface area contributed by atoms with Crippen LogP contribution in [0.25, 0.3) is 0 Å². The number of aliphatic hydroxyl groups excluding tert-OH is 3. The van der Waals surface area contributed by atoms with E-state index in [9.17, 15) is 0 Å². The quantitative estimate of drug-likeness (QED) is 0.598. The van der Waals surface area contributed by atoms with Gasteiger partial charge in [-0.2, -0.15) is 0 Å². The monoisotopic (exact) mass is 204 g/mol. The molecule has 0 aromatic heterocycles. The summed E-state index contributed by atoms with van der Waals surface area (Å²) in [6, 6.07) is 0. The summed E-state index contributed by atoms with van der Waals surface area (Å²) < 4.78 is 0. The van der Waals surface area contributed by atoms with Gasteiger partial charge in [0.2, 0.25) is 0 Å². The lowest BCUT2D eigenvalue weighted by molar-refractivity contribution is 0.0450. The molecule has 0 aromatic carbocycles. The van der Waals surface area contributed by atoms with Gasteiger partial charge in [0.25, 0.3) is 0 Å². The fraction of sp³-hybridized carbons (Fsp3) is 0.273. The van der Waals surface area contributed by atoms with Gasteiger partial charge in [0.1, 0.15) is 6.10 Å². The highest BCUT2D eigenvalue weighted by atomic mass is 16.3. The number of hydrogen-bond acceptors (Lipinski definition) is 3. The van der Waals surface area contributed by atoms with Crippen molar-refractivity contribution in [2.75, 3.05) is 13.2 Å². The zero-order valence-electron chi connectivity index (χ0n) is 8.99. The Morgan fingerprint density at radius 1 is 0.643 bits per heavy atom. The standard InChI is InChI=1S/C3H8O3.4C2H4/c4-1-3(6)2-5;4*1-2/h3-6H,1-2H2;4*1-2H2. The fourth-order valence-corrected chi connectivity index (χ4v) is 0.0577. The van der Waals surface area contributed by atoms with Crippen LogP contribution in [0.1, 0.15) is 0 Å². The molecule has 14 heavy (non-hydrogen) atoms. The van der Waals surface area contributed by atoms with Gasteiger partial charge in [-0.1, -0.05) is 0 Å². The molecule has 0 atom stereocenters. The summed E-state index contributed by atoms with van der Waals surface area (Å²) in [4.78, 5) is 0. The van der Waals surface area contributed by atoms with Crippen LogP contribution in [0.3, 0.4) is 0 Å². The molecule has 3 N–H and O–H groups in total. The van der Waals surface area contributed by atoms with Crippen LogP contribution in [-0.4, -0.2) is 34.6 Å². The highest BCUT2D eigenvalue weighted by molar-refractivity contribution is 4.44. The molecule has 0 unspecified atom stereocenters. The van der Waals surface area contributed by atoms with Gasteiger partial charge in [-0.25, -0.2) is 0 Å². The third kappa shape index (κ3) is 130. The lowest BCUT2D eigenvalue weighted by atomic mass is 10.4. The van der Waals surface area contributed by atoms with Crippen molar-refractivity contribution >= 4 is 0 Å². The molecule has 0 bridgehead atoms. The minimum Gasteiger partial charge on any atom is -0.394 e. The molecule has 0 radical (unpaired) electrons. The van der Waals surface area contributed by atoms with Gasteiger partial charge in [-0.15, -0.1) is 52.6 Å². The Morgan fingerprint density at radius 3 is 0.786 bits per heavy atom. The maximum absolute atomic E-state index is 8.17. The number of aliphatic hydroxyl groups is 3. The molecule has 0 heterocycles. The van der Waals surface area contributed by atoms with Crippen molar-refractivity contribution < 1.29 is 15.3 Å². The Bertz CT molecular complexity index is 55.6. The highest BCUT2D eigenvalue weighted by Crippen LogP contribution is 1.71. The van der Waals surface area contributed by atoms with Crippen LogP contribution in [0, 0.1) is 0 Å². The van der Waals surface area contributed by atoms with Crippen LogP contribution in [0.5, 0.6) is 0 Å². The molecule has 0 fully saturated rings. The number of hydrogen-bond donors (Lipinski definition) is 3. The molecule has 0 aliphatic heterocycles. The molecule has 0 aliphatic rings. The predicted octanol–water partition coefficient (Wildman–Crippen LogP) is 1.54. The van der Waals surface area contributed by atoms with Gasteiger partial charge in [-0.05, 0) is 0 Å². The first-order valence-electron chi connectivity index (χ1n) is 3.71. The zero-order chi connectivity index (χ0) is 13.0. The molecule has 3 nitrogen and oxygen atoms in total. The Hall–Kier alpha value is -1.16. The summed E-state index contributed by atoms with van der Waals surface area (Å²) in [5, 5.41) is 24.0. The molecule has 86 valence electrons. The van der Waals surface area contributed by atoms with E-state index in [4.69, 9.17) is 15.3 Å². The minimum absolute atomic E-state index is 0.365. The van der Waals surface area contributed by atoms with Crippen molar-refractivity contribution in [3.63, 3.8) is 0 Å². The van der Waals surface area contributed by atoms with Crippen molar-refractivity contribution in [1.82, 2.24) is 0 Å². The maximum Gasteiger partial charge on any atom is 0.100 e. The van der Waals surface area contributed by atoms with Crippen molar-refractivity contribution in [2.24, 2.45) is 0 Å². The van der Waals surface area contributed by atoms with E-state index in [0.29, 0.717) is 0 Å². The topological polar surface area (TPSA) is 60.7 Å². The van der Waals surface area contributed by atoms with E-state index in [-0.39, 0.29) is 13.2 Å². The minimum atomic E-state index is -0.954. The van der Waals surface area contributed by atoms with E-state index in [0.717, 1.165) is 0 Å². The molecule has 0 amide bonds. The van der Waals surface area contributed by atoms with E-state index in [1.54, 1.807) is 0 Å². The molecular formula is C11H24O3. The van der Waals surface area contributed by atoms with Crippen LogP contribution in [0.2, 0.25) is 0 Å². The van der Waals surface area contributed by atoms with Gasteiger partial charge < -0.3 is 15.3 Å². The summed E-state index contributed by atoms with van der Waals surface area (Å²) in [5.74, 6) is 0. The second-order valence-electron chi connectivity index (χ2n) is 1.02. The van der Waals surface area contributed by atoms with Crippen LogP contribution < -0.4 is 0 Å². The largest absolute Gasteiger partial charge is 0.394 e. The smallest absolute Gasteiger partial charge is 0.100 e. The highest BCUT2D eigenvalue weighted by Gasteiger charge is 1.93. The second-order valence-corrected chi connectivity index (χ2v) is 1.02. The first-order chi connectivity index (χ1) is 6.81. The summed E-state index contributed by atoms with van der Waals surface area (Å²) in [6.45, 7) is 23.3. The Balaban J connectivity index is -0.0000000287. The molecular weight excluding hydrogens is 180 g/mol. The first kappa shape index (κ1) is 29.3. The third-order valence-electron chi connectivity index (χ3n) is 0.421. The average molecular weight is 204 g/mol. The van der Waals surface area contributed by atoms with Crippen molar-refractivity contribution in [3.05, 3.63) is 52.6 Å². The van der Waals surface area contributed by atoms with Crippen LogP contribution >= 0.6 is 0 Å². The zero-order valence-corrected chi connectivity index (χ0v) is 8.99. The van der Waals surface area contributed by atoms with Crippen LogP contribution in [0.4, 0.5) is 0 Å². The molecule has 0 spiro atoms. The van der Waals surface area contributed by atoms with E-state index in [1.807, 2.05) is 0 Å². The average Bonchev–Trinajstić information content (AvgIpc) is 2.38. The van der Waals surface area contributed by atoms with Crippen molar-refractivity contribution in [1.29, 1.82) is 0 Å². The van der Waals surface area contributed by atoms with Crippen LogP contribution in [-0.2, 0) is 0 Å². The first-order valence-corrected chi connectivity index (χ1v) is 3.71. The van der Waals surface area contributed by atoms with Crippen molar-refractivity contribution in [2.45, 2.75) is 6.10 Å². The lowest BCUT2D eigenvalue weighted by Crippen LogP contribution is -2.15. The summed E-state index contributed by atoms with van der Waals surface area (Å²) in [7, 11) is 0. The summed E-state index contributed by atoms with van der Waals surface area (Å²) >= 11 is 0. The Labute approximate surface area is 88.0 Å². The van der Waals surface area contributed by atoms with Crippen molar-refractivity contribution in [3.8, 4) is 0 Å². The van der Waals surface area contributed by atoms with Gasteiger partial charge in [0.05, 0.1) is 13.2 Å². The second kappa shape index (κ2) is 94.4. The van der Waals surface area contributed by atoms with E-state index < -0.39 is 6.10 Å². The van der Waals surface area contributed by atoms with Gasteiger partial charge in [-0.3, -0.25) is 0 Å². The summed E-state index contributed by atoms with van der Waals surface area (Å²) in [6.07, 6.45) is -0.954. The molecule has 0 aliphatic carbocycles. The Kier molecular flexibility index (Phi) is 197. The lowest BCUT2D eigenvalue weighted by Gasteiger charge is -1.96. The molecule has 0 saturated carbocycles. The van der Waals surface area contributed by atoms with E-state index in [2.05, 4.69) is 52.6 Å². The molecule has 0 saturated heterocycles. The molecule has 3 heteroatoms. The normalized spacial score (nSPS) is 5.43. The summed E-state index contributed by atoms with van der Waals surface area (Å²) in [5.41, 5.74) is 0. The fourth-order valence-electron chi connectivity index (χ4n) is 0.0577. The maximum atomic E-state index is 8.17. The van der Waals surface area contributed by atoms with E-state index >= 15 is 0 Å². The predicted molar refractivity (Wildman–Crippen MR) is 65.2 cm³/mol. The molecule has 0 aromatic rings. The van der Waals surface area contributed by atoms with E-state index in [1.165, 1.54) is 0 Å².